The van der Waals surface area contributed by atoms with Crippen molar-refractivity contribution in [2.75, 3.05) is 20.6 Å². The molecular weight excluding hydrogens is 280 g/mol. The Morgan fingerprint density at radius 2 is 1.94 bits per heavy atom. The first-order valence-electron chi connectivity index (χ1n) is 5.67. The van der Waals surface area contributed by atoms with Crippen molar-refractivity contribution in [3.8, 4) is 0 Å². The highest BCUT2D eigenvalue weighted by atomic mass is 79.9. The number of rotatable bonds is 5. The Morgan fingerprint density at radius 1 is 1.35 bits per heavy atom. The molecule has 1 aromatic rings. The molecule has 0 saturated carbocycles. The predicted molar refractivity (Wildman–Crippen MR) is 74.0 cm³/mol. The lowest BCUT2D eigenvalue weighted by atomic mass is 10.1. The van der Waals surface area contributed by atoms with Crippen LogP contribution in [-0.4, -0.2) is 37.5 Å². The van der Waals surface area contributed by atoms with Crippen LogP contribution in [-0.2, 0) is 11.2 Å². The molecule has 17 heavy (non-hydrogen) atoms. The largest absolute Gasteiger partial charge is 0.348 e. The van der Waals surface area contributed by atoms with Crippen molar-refractivity contribution in [1.82, 2.24) is 10.2 Å². The maximum absolute atomic E-state index is 11.4. The second-order valence-corrected chi connectivity index (χ2v) is 5.32. The molecule has 0 spiro atoms. The molecule has 3 nitrogen and oxygen atoms in total. The number of likely N-dealkylation sites (N-methyl/N-ethyl adjacent to an activating group) is 1. The lowest BCUT2D eigenvalue weighted by molar-refractivity contribution is -0.127. The smallest absolute Gasteiger partial charge is 0.236 e. The normalized spacial score (nSPS) is 12.2. The lowest BCUT2D eigenvalue weighted by Gasteiger charge is -2.16. The summed E-state index contributed by atoms with van der Waals surface area (Å²) in [6.07, 6.45) is 0.925. The summed E-state index contributed by atoms with van der Waals surface area (Å²) in [6, 6.07) is 8.55. The summed E-state index contributed by atoms with van der Waals surface area (Å²) in [5, 5.41) is 3.22. The van der Waals surface area contributed by atoms with Gasteiger partial charge in [-0.05, 0) is 31.0 Å². The summed E-state index contributed by atoms with van der Waals surface area (Å²) in [5.74, 6) is 0.104. The Labute approximate surface area is 111 Å². The van der Waals surface area contributed by atoms with E-state index < -0.39 is 0 Å². The van der Waals surface area contributed by atoms with Gasteiger partial charge in [0.1, 0.15) is 0 Å². The zero-order chi connectivity index (χ0) is 12.8. The molecule has 0 aliphatic heterocycles. The van der Waals surface area contributed by atoms with Gasteiger partial charge in [0.2, 0.25) is 5.91 Å². The molecule has 0 bridgehead atoms. The van der Waals surface area contributed by atoms with Crippen molar-refractivity contribution < 1.29 is 4.79 Å². The highest BCUT2D eigenvalue weighted by Crippen LogP contribution is 2.11. The molecule has 1 amide bonds. The molecule has 1 unspecified atom stereocenters. The highest BCUT2D eigenvalue weighted by Gasteiger charge is 2.07. The predicted octanol–water partition coefficient (Wildman–Crippen LogP) is 2.06. The van der Waals surface area contributed by atoms with Crippen LogP contribution in [0.25, 0.3) is 0 Å². The zero-order valence-corrected chi connectivity index (χ0v) is 12.1. The Bertz CT molecular complexity index is 362. The Morgan fingerprint density at radius 3 is 2.47 bits per heavy atom. The number of benzene rings is 1. The van der Waals surface area contributed by atoms with Crippen molar-refractivity contribution >= 4 is 21.8 Å². The molecule has 1 atom stereocenters. The molecule has 0 saturated heterocycles. The molecule has 0 fully saturated rings. The summed E-state index contributed by atoms with van der Waals surface area (Å²) in [7, 11) is 3.53. The van der Waals surface area contributed by atoms with E-state index in [1.807, 2.05) is 12.1 Å². The fourth-order valence-electron chi connectivity index (χ4n) is 1.47. The van der Waals surface area contributed by atoms with Crippen LogP contribution in [0.5, 0.6) is 0 Å². The van der Waals surface area contributed by atoms with Crippen LogP contribution in [0.1, 0.15) is 12.5 Å². The van der Waals surface area contributed by atoms with Gasteiger partial charge >= 0.3 is 0 Å². The second-order valence-electron chi connectivity index (χ2n) is 4.40. The van der Waals surface area contributed by atoms with Gasteiger partial charge in [-0.25, -0.2) is 0 Å². The van der Waals surface area contributed by atoms with Crippen LogP contribution in [0.4, 0.5) is 0 Å². The number of hydrogen-bond donors (Lipinski definition) is 1. The van der Waals surface area contributed by atoms with Crippen molar-refractivity contribution in [3.63, 3.8) is 0 Å². The minimum Gasteiger partial charge on any atom is -0.348 e. The van der Waals surface area contributed by atoms with Crippen LogP contribution >= 0.6 is 15.9 Å². The van der Waals surface area contributed by atoms with Gasteiger partial charge < -0.3 is 10.2 Å². The second kappa shape index (κ2) is 6.77. The molecule has 0 aromatic heterocycles. The lowest BCUT2D eigenvalue weighted by Crippen LogP contribution is -2.38. The fraction of sp³-hybridized carbons (Fsp3) is 0.462. The van der Waals surface area contributed by atoms with E-state index in [2.05, 4.69) is 40.3 Å². The molecule has 0 aliphatic carbocycles. The molecule has 1 rings (SSSR count). The van der Waals surface area contributed by atoms with E-state index in [0.29, 0.717) is 12.6 Å². The number of carbonyl (C=O) groups excluding carboxylic acids is 1. The van der Waals surface area contributed by atoms with Gasteiger partial charge in [-0.15, -0.1) is 0 Å². The molecule has 0 heterocycles. The fourth-order valence-corrected chi connectivity index (χ4v) is 1.73. The Balaban J connectivity index is 2.37. The van der Waals surface area contributed by atoms with E-state index in [9.17, 15) is 4.79 Å². The maximum atomic E-state index is 11.4. The summed E-state index contributed by atoms with van der Waals surface area (Å²) < 4.78 is 1.09. The summed E-state index contributed by atoms with van der Waals surface area (Å²) in [4.78, 5) is 13.0. The maximum Gasteiger partial charge on any atom is 0.236 e. The molecule has 0 aliphatic rings. The number of nitrogens with one attached hydrogen (secondary N) is 1. The van der Waals surface area contributed by atoms with Gasteiger partial charge in [0.15, 0.2) is 0 Å². The van der Waals surface area contributed by atoms with E-state index >= 15 is 0 Å². The third-order valence-electron chi connectivity index (χ3n) is 2.56. The first kappa shape index (κ1) is 14.2. The average Bonchev–Trinajstić information content (AvgIpc) is 2.29. The number of hydrogen-bond acceptors (Lipinski definition) is 2. The first-order chi connectivity index (χ1) is 7.99. The zero-order valence-electron chi connectivity index (χ0n) is 10.5. The number of halogens is 1. The van der Waals surface area contributed by atoms with Crippen LogP contribution in [0.2, 0.25) is 0 Å². The molecule has 0 radical (unpaired) electrons. The van der Waals surface area contributed by atoms with Gasteiger partial charge in [-0.3, -0.25) is 4.79 Å². The Kier molecular flexibility index (Phi) is 5.65. The van der Waals surface area contributed by atoms with Crippen LogP contribution in [0.3, 0.4) is 0 Å². The third kappa shape index (κ3) is 5.33. The minimum atomic E-state index is 0.104. The number of nitrogens with zero attached hydrogens (tertiary/aromatic N) is 1. The molecule has 4 heteroatoms. The van der Waals surface area contributed by atoms with Crippen molar-refractivity contribution in [1.29, 1.82) is 0 Å². The molecular formula is C13H19BrN2O. The quantitative estimate of drug-likeness (QED) is 0.902. The Hall–Kier alpha value is -0.870. The highest BCUT2D eigenvalue weighted by molar-refractivity contribution is 9.10. The van der Waals surface area contributed by atoms with E-state index in [-0.39, 0.29) is 5.91 Å². The molecule has 1 N–H and O–H groups in total. The van der Waals surface area contributed by atoms with Gasteiger partial charge in [0.25, 0.3) is 0 Å². The minimum absolute atomic E-state index is 0.104. The van der Waals surface area contributed by atoms with Gasteiger partial charge in [-0.1, -0.05) is 28.1 Å². The summed E-state index contributed by atoms with van der Waals surface area (Å²) in [6.45, 7) is 2.48. The van der Waals surface area contributed by atoms with Crippen molar-refractivity contribution in [3.05, 3.63) is 34.3 Å². The van der Waals surface area contributed by atoms with Crippen molar-refractivity contribution in [2.45, 2.75) is 19.4 Å². The topological polar surface area (TPSA) is 32.3 Å². The van der Waals surface area contributed by atoms with E-state index in [0.717, 1.165) is 10.9 Å². The molecule has 94 valence electrons. The standard InChI is InChI=1S/C13H19BrN2O/c1-10(15-9-13(17)16(2)3)8-11-4-6-12(14)7-5-11/h4-7,10,15H,8-9H2,1-3H3. The summed E-state index contributed by atoms with van der Waals surface area (Å²) in [5.41, 5.74) is 1.27. The monoisotopic (exact) mass is 298 g/mol. The van der Waals surface area contributed by atoms with Gasteiger partial charge in [0, 0.05) is 24.6 Å². The van der Waals surface area contributed by atoms with E-state index in [1.54, 1.807) is 19.0 Å². The number of amides is 1. The van der Waals surface area contributed by atoms with Crippen LogP contribution < -0.4 is 5.32 Å². The van der Waals surface area contributed by atoms with Crippen molar-refractivity contribution in [2.24, 2.45) is 0 Å². The third-order valence-corrected chi connectivity index (χ3v) is 3.08. The average molecular weight is 299 g/mol. The SMILES string of the molecule is CC(Cc1ccc(Br)cc1)NCC(=O)N(C)C. The van der Waals surface area contributed by atoms with Gasteiger partial charge in [-0.2, -0.15) is 0 Å². The van der Waals surface area contributed by atoms with Crippen LogP contribution in [0, 0.1) is 0 Å². The van der Waals surface area contributed by atoms with E-state index in [4.69, 9.17) is 0 Å². The van der Waals surface area contributed by atoms with Crippen LogP contribution in [0.15, 0.2) is 28.7 Å². The first-order valence-corrected chi connectivity index (χ1v) is 6.46. The summed E-state index contributed by atoms with van der Waals surface area (Å²) >= 11 is 3.41. The molecule has 1 aromatic carbocycles. The number of carbonyl (C=O) groups is 1. The van der Waals surface area contributed by atoms with E-state index in [1.165, 1.54) is 5.56 Å². The van der Waals surface area contributed by atoms with Gasteiger partial charge in [0.05, 0.1) is 6.54 Å².